The van der Waals surface area contributed by atoms with Crippen molar-refractivity contribution in [3.63, 3.8) is 0 Å². The number of ether oxygens (including phenoxy) is 1. The first kappa shape index (κ1) is 18.5. The van der Waals surface area contributed by atoms with Crippen molar-refractivity contribution in [2.24, 2.45) is 28.6 Å². The zero-order valence-corrected chi connectivity index (χ0v) is 16.1. The lowest BCUT2D eigenvalue weighted by atomic mass is 9.41. The largest absolute Gasteiger partial charge is 0.463 e. The van der Waals surface area contributed by atoms with Gasteiger partial charge in [0.15, 0.2) is 0 Å². The van der Waals surface area contributed by atoms with E-state index in [9.17, 15) is 20.1 Å². The Kier molecular flexibility index (Phi) is 4.11. The summed E-state index contributed by atoms with van der Waals surface area (Å²) in [5.74, 6) is 0.124. The minimum atomic E-state index is -1.49. The molecule has 5 nitrogen and oxygen atoms in total. The van der Waals surface area contributed by atoms with Crippen LogP contribution in [0, 0.1) is 28.6 Å². The molecule has 3 saturated carbocycles. The third-order valence-electron chi connectivity index (χ3n) is 8.51. The Hall–Kier alpha value is -0.910. The van der Waals surface area contributed by atoms with Crippen LogP contribution >= 0.6 is 0 Å². The van der Waals surface area contributed by atoms with Gasteiger partial charge >= 0.3 is 5.97 Å². The molecule has 0 unspecified atom stereocenters. The molecule has 26 heavy (non-hydrogen) atoms. The Morgan fingerprint density at radius 1 is 1.23 bits per heavy atom. The number of fused-ring (bicyclic) bond motifs is 3. The molecular formula is C21H32O5. The standard InChI is InChI=1S/C21H32O5/c1-12-9-20-10-14(12)4-5-15(20)19(3)7-6-17(23)21(25,11-26-13(2)22)16(19)8-18(20)24/h9,14-18,23-25H,4-8,10-11H2,1-3H3/t14-,15+,16+,17-,18+,19+,20+,21+/m1/s1. The molecule has 4 aliphatic rings. The Labute approximate surface area is 155 Å². The highest BCUT2D eigenvalue weighted by atomic mass is 16.5. The lowest BCUT2D eigenvalue weighted by Crippen LogP contribution is -2.68. The maximum absolute atomic E-state index is 11.4. The maximum atomic E-state index is 11.4. The summed E-state index contributed by atoms with van der Waals surface area (Å²) in [4.78, 5) is 11.3. The quantitative estimate of drug-likeness (QED) is 0.516. The van der Waals surface area contributed by atoms with Crippen molar-refractivity contribution in [3.8, 4) is 0 Å². The summed E-state index contributed by atoms with van der Waals surface area (Å²) < 4.78 is 5.15. The van der Waals surface area contributed by atoms with Crippen molar-refractivity contribution in [2.75, 3.05) is 6.61 Å². The Morgan fingerprint density at radius 2 is 1.96 bits per heavy atom. The number of aliphatic hydroxyl groups is 3. The highest BCUT2D eigenvalue weighted by Crippen LogP contribution is 2.69. The van der Waals surface area contributed by atoms with Gasteiger partial charge in [0.2, 0.25) is 0 Å². The molecule has 4 aliphatic carbocycles. The van der Waals surface area contributed by atoms with Gasteiger partial charge in [0, 0.05) is 18.3 Å². The topological polar surface area (TPSA) is 87.0 Å². The molecule has 1 spiro atoms. The first-order valence-corrected chi connectivity index (χ1v) is 10.0. The van der Waals surface area contributed by atoms with Crippen LogP contribution < -0.4 is 0 Å². The van der Waals surface area contributed by atoms with Gasteiger partial charge in [-0.3, -0.25) is 4.79 Å². The van der Waals surface area contributed by atoms with Gasteiger partial charge in [-0.2, -0.15) is 0 Å². The van der Waals surface area contributed by atoms with Gasteiger partial charge in [-0.05, 0) is 62.7 Å². The van der Waals surface area contributed by atoms with Crippen molar-refractivity contribution in [2.45, 2.75) is 77.1 Å². The molecule has 4 rings (SSSR count). The number of allylic oxidation sites excluding steroid dienone is 1. The molecule has 3 fully saturated rings. The smallest absolute Gasteiger partial charge is 0.302 e. The van der Waals surface area contributed by atoms with Crippen LogP contribution in [0.3, 0.4) is 0 Å². The molecule has 0 amide bonds. The summed E-state index contributed by atoms with van der Waals surface area (Å²) in [6.07, 6.45) is 5.83. The van der Waals surface area contributed by atoms with E-state index >= 15 is 0 Å². The molecule has 146 valence electrons. The molecule has 0 heterocycles. The Morgan fingerprint density at radius 3 is 2.65 bits per heavy atom. The molecule has 0 saturated heterocycles. The van der Waals surface area contributed by atoms with Gasteiger partial charge in [0.05, 0.1) is 12.2 Å². The van der Waals surface area contributed by atoms with Crippen molar-refractivity contribution in [1.82, 2.24) is 0 Å². The van der Waals surface area contributed by atoms with E-state index in [1.165, 1.54) is 12.5 Å². The van der Waals surface area contributed by atoms with Crippen LogP contribution in [-0.2, 0) is 9.53 Å². The third kappa shape index (κ3) is 2.29. The molecule has 2 bridgehead atoms. The minimum Gasteiger partial charge on any atom is -0.463 e. The van der Waals surface area contributed by atoms with E-state index in [1.54, 1.807) is 0 Å². The fourth-order valence-electron chi connectivity index (χ4n) is 7.23. The zero-order chi connectivity index (χ0) is 18.9. The first-order valence-electron chi connectivity index (χ1n) is 10.0. The second-order valence-corrected chi connectivity index (χ2v) is 9.67. The molecule has 0 aromatic heterocycles. The SMILES string of the molecule is CC(=O)OC[C@@]1(O)[C@H](O)CC[C@]2(C)[C@@H]1C[C@H](O)[C@]13C=C(C)[C@H](CC[C@@H]21)C3. The van der Waals surface area contributed by atoms with E-state index in [4.69, 9.17) is 4.74 Å². The number of carbonyl (C=O) groups excluding carboxylic acids is 1. The molecule has 8 atom stereocenters. The fourth-order valence-corrected chi connectivity index (χ4v) is 7.23. The van der Waals surface area contributed by atoms with Gasteiger partial charge in [-0.25, -0.2) is 0 Å². The molecule has 3 N–H and O–H groups in total. The monoisotopic (exact) mass is 364 g/mol. The number of hydrogen-bond acceptors (Lipinski definition) is 5. The summed E-state index contributed by atoms with van der Waals surface area (Å²) in [6, 6.07) is 0. The molecule has 5 heteroatoms. The molecular weight excluding hydrogens is 332 g/mol. The van der Waals surface area contributed by atoms with Crippen LogP contribution in [0.1, 0.15) is 59.3 Å². The third-order valence-corrected chi connectivity index (χ3v) is 8.51. The van der Waals surface area contributed by atoms with Gasteiger partial charge in [-0.15, -0.1) is 0 Å². The van der Waals surface area contributed by atoms with Crippen LogP contribution in [0.15, 0.2) is 11.6 Å². The van der Waals surface area contributed by atoms with Crippen LogP contribution in [0.25, 0.3) is 0 Å². The van der Waals surface area contributed by atoms with E-state index in [1.807, 2.05) is 0 Å². The Bertz CT molecular complexity index is 644. The lowest BCUT2D eigenvalue weighted by molar-refractivity contribution is -0.257. The predicted molar refractivity (Wildman–Crippen MR) is 96.1 cm³/mol. The van der Waals surface area contributed by atoms with Crippen LogP contribution in [0.2, 0.25) is 0 Å². The van der Waals surface area contributed by atoms with Crippen molar-refractivity contribution in [1.29, 1.82) is 0 Å². The summed E-state index contributed by atoms with van der Waals surface area (Å²) in [5, 5.41) is 33.2. The van der Waals surface area contributed by atoms with E-state index in [2.05, 4.69) is 19.9 Å². The summed E-state index contributed by atoms with van der Waals surface area (Å²) >= 11 is 0. The van der Waals surface area contributed by atoms with E-state index in [0.717, 1.165) is 25.7 Å². The van der Waals surface area contributed by atoms with Crippen LogP contribution in [0.5, 0.6) is 0 Å². The zero-order valence-electron chi connectivity index (χ0n) is 16.1. The van der Waals surface area contributed by atoms with Gasteiger partial charge in [0.25, 0.3) is 0 Å². The van der Waals surface area contributed by atoms with Crippen molar-refractivity contribution in [3.05, 3.63) is 11.6 Å². The maximum Gasteiger partial charge on any atom is 0.302 e. The highest BCUT2D eigenvalue weighted by molar-refractivity contribution is 5.66. The average molecular weight is 364 g/mol. The molecule has 0 radical (unpaired) electrons. The predicted octanol–water partition coefficient (Wildman–Crippen LogP) is 2.18. The van der Waals surface area contributed by atoms with E-state index in [-0.39, 0.29) is 29.3 Å². The van der Waals surface area contributed by atoms with Gasteiger partial charge in [-0.1, -0.05) is 18.6 Å². The lowest BCUT2D eigenvalue weighted by Gasteiger charge is -2.65. The van der Waals surface area contributed by atoms with E-state index < -0.39 is 23.8 Å². The number of carbonyl (C=O) groups is 1. The second-order valence-electron chi connectivity index (χ2n) is 9.67. The van der Waals surface area contributed by atoms with E-state index in [0.29, 0.717) is 18.8 Å². The van der Waals surface area contributed by atoms with Crippen LogP contribution in [0.4, 0.5) is 0 Å². The first-order chi connectivity index (χ1) is 12.1. The summed E-state index contributed by atoms with van der Waals surface area (Å²) in [5.41, 5.74) is -0.461. The second kappa shape index (κ2) is 5.79. The fraction of sp³-hybridized carbons (Fsp3) is 0.857. The number of aliphatic hydroxyl groups excluding tert-OH is 2. The number of hydrogen-bond donors (Lipinski definition) is 3. The van der Waals surface area contributed by atoms with Crippen molar-refractivity contribution < 1.29 is 24.9 Å². The normalized spacial score (nSPS) is 52.7. The molecule has 0 aromatic carbocycles. The Balaban J connectivity index is 1.73. The molecule has 0 aromatic rings. The molecule has 0 aliphatic heterocycles. The summed E-state index contributed by atoms with van der Waals surface area (Å²) in [6.45, 7) is 5.52. The minimum absolute atomic E-state index is 0.181. The number of esters is 1. The number of rotatable bonds is 2. The van der Waals surface area contributed by atoms with Gasteiger partial charge < -0.3 is 20.1 Å². The highest BCUT2D eigenvalue weighted by Gasteiger charge is 2.68. The average Bonchev–Trinajstić information content (AvgIpc) is 2.83. The van der Waals surface area contributed by atoms with Gasteiger partial charge in [0.1, 0.15) is 12.2 Å². The van der Waals surface area contributed by atoms with Crippen LogP contribution in [-0.4, -0.2) is 45.7 Å². The summed E-state index contributed by atoms with van der Waals surface area (Å²) in [7, 11) is 0. The van der Waals surface area contributed by atoms with Crippen molar-refractivity contribution >= 4 is 5.97 Å².